The second kappa shape index (κ2) is 23.9. The van der Waals surface area contributed by atoms with Crippen LogP contribution >= 0.6 is 0 Å². The Morgan fingerprint density at radius 2 is 0.773 bits per heavy atom. The number of unbranched alkanes of at least 4 members (excludes halogenated alkanes) is 1. The highest BCUT2D eigenvalue weighted by Gasteiger charge is 2.43. The van der Waals surface area contributed by atoms with Gasteiger partial charge in [0.25, 0.3) is 0 Å². The Kier molecular flexibility index (Phi) is 20.6. The normalized spacial score (nSPS) is 13.5. The first kappa shape index (κ1) is 56.8. The van der Waals surface area contributed by atoms with Gasteiger partial charge in [-0.05, 0) is 107 Å². The molecule has 2 aromatic rings. The predicted octanol–water partition coefficient (Wildman–Crippen LogP) is 5.60. The number of ether oxygens (including phenoxy) is 6. The van der Waals surface area contributed by atoms with Gasteiger partial charge in [0.05, 0.1) is 12.8 Å². The maximum atomic E-state index is 14.1. The quantitative estimate of drug-likeness (QED) is 0.0877. The van der Waals surface area contributed by atoms with E-state index in [1.807, 2.05) is 0 Å². The lowest BCUT2D eigenvalue weighted by Gasteiger charge is -2.33. The fourth-order valence-electron chi connectivity index (χ4n) is 5.68. The molecule has 0 heterocycles. The van der Waals surface area contributed by atoms with Crippen LogP contribution in [-0.4, -0.2) is 109 Å². The Labute approximate surface area is 388 Å². The van der Waals surface area contributed by atoms with Crippen molar-refractivity contribution in [3.8, 4) is 0 Å². The molecule has 2 rings (SSSR count). The number of nitrogens with zero attached hydrogens (tertiary/aromatic N) is 2. The van der Waals surface area contributed by atoms with Crippen molar-refractivity contribution < 1.29 is 74.0 Å². The van der Waals surface area contributed by atoms with Gasteiger partial charge < -0.3 is 28.4 Å². The van der Waals surface area contributed by atoms with E-state index in [1.165, 1.54) is 41.5 Å². The van der Waals surface area contributed by atoms with Crippen LogP contribution in [0.3, 0.4) is 0 Å². The van der Waals surface area contributed by atoms with Crippen molar-refractivity contribution >= 4 is 56.5 Å². The molecular formula is C44H66N4O16S2. The van der Waals surface area contributed by atoms with E-state index in [0.717, 1.165) is 0 Å². The van der Waals surface area contributed by atoms with Crippen LogP contribution in [0.5, 0.6) is 0 Å². The summed E-state index contributed by atoms with van der Waals surface area (Å²) in [5, 5.41) is 0. The second-order valence-corrected chi connectivity index (χ2v) is 22.2. The van der Waals surface area contributed by atoms with Crippen molar-refractivity contribution in [2.24, 2.45) is 0 Å². The van der Waals surface area contributed by atoms with Crippen LogP contribution in [0.1, 0.15) is 120 Å². The number of nitrogens with one attached hydrogen (secondary N) is 2. The molecule has 0 saturated carbocycles. The van der Waals surface area contributed by atoms with Crippen LogP contribution < -0.4 is 9.44 Å². The number of amides is 2. The predicted molar refractivity (Wildman–Crippen MR) is 240 cm³/mol. The maximum absolute atomic E-state index is 14.1. The lowest BCUT2D eigenvalue weighted by atomic mass is 10.1. The first-order valence-corrected chi connectivity index (χ1v) is 23.9. The summed E-state index contributed by atoms with van der Waals surface area (Å²) in [5.41, 5.74) is -3.49. The van der Waals surface area contributed by atoms with Crippen LogP contribution in [0.2, 0.25) is 0 Å². The van der Waals surface area contributed by atoms with Gasteiger partial charge in [-0.15, -0.1) is 0 Å². The lowest BCUT2D eigenvalue weighted by Crippen LogP contribution is -2.54. The fraction of sp³-hybridized carbons (Fsp3) is 0.591. The molecule has 2 unspecified atom stereocenters. The molecule has 370 valence electrons. The molecule has 0 radical (unpaired) electrons. The summed E-state index contributed by atoms with van der Waals surface area (Å²) < 4.78 is 93.2. The van der Waals surface area contributed by atoms with Gasteiger partial charge in [-0.1, -0.05) is 60.7 Å². The van der Waals surface area contributed by atoms with E-state index in [0.29, 0.717) is 19.7 Å². The average Bonchev–Trinajstić information content (AvgIpc) is 3.14. The van der Waals surface area contributed by atoms with Gasteiger partial charge in [-0.3, -0.25) is 19.2 Å². The standard InChI is InChI=1S/C44H66N4O16S2/c1-41(2,3)61-35(49)27-33(37(51)63-43(7,8)9)47(65(55,56)45-39(53)59-29-31-21-15-13-16-22-31)25-19-20-26-48(66(57,58)46-40(54)60-30-32-23-17-14-18-24-32)34(38(52)64-44(10,11)12)28-36(50)62-42(4,5)6/h13-18,21-24,33-34H,19-20,25-30H2,1-12H3,(H,45,53)(H,46,54). The maximum Gasteiger partial charge on any atom is 0.422 e. The molecule has 0 fully saturated rings. The molecule has 0 aliphatic carbocycles. The third kappa shape index (κ3) is 22.2. The van der Waals surface area contributed by atoms with Crippen LogP contribution in [0.4, 0.5) is 9.59 Å². The Morgan fingerprint density at radius 3 is 1.05 bits per heavy atom. The zero-order valence-corrected chi connectivity index (χ0v) is 41.5. The van der Waals surface area contributed by atoms with Crippen molar-refractivity contribution in [1.82, 2.24) is 18.1 Å². The number of carbonyl (C=O) groups is 6. The van der Waals surface area contributed by atoms with Gasteiger partial charge in [0.2, 0.25) is 0 Å². The van der Waals surface area contributed by atoms with Gasteiger partial charge in [-0.25, -0.2) is 19.0 Å². The summed E-state index contributed by atoms with van der Waals surface area (Å²) in [6.45, 7) is 16.3. The van der Waals surface area contributed by atoms with Gasteiger partial charge >= 0.3 is 56.5 Å². The van der Waals surface area contributed by atoms with E-state index >= 15 is 0 Å². The molecule has 2 aromatic carbocycles. The molecule has 66 heavy (non-hydrogen) atoms. The molecule has 0 bridgehead atoms. The second-order valence-electron chi connectivity index (χ2n) is 18.9. The molecule has 0 aliphatic rings. The molecular weight excluding hydrogens is 905 g/mol. The van der Waals surface area contributed by atoms with Crippen molar-refractivity contribution in [2.45, 2.75) is 156 Å². The summed E-state index contributed by atoms with van der Waals surface area (Å²) in [4.78, 5) is 80.1. The van der Waals surface area contributed by atoms with Crippen LogP contribution in [0, 0.1) is 0 Å². The Balaban J connectivity index is 2.63. The van der Waals surface area contributed by atoms with Crippen LogP contribution in [-0.2, 0) is 81.2 Å². The zero-order valence-electron chi connectivity index (χ0n) is 39.8. The Hall–Kier alpha value is -5.32. The highest BCUT2D eigenvalue weighted by molar-refractivity contribution is 7.88. The number of hydrogen-bond acceptors (Lipinski definition) is 16. The van der Waals surface area contributed by atoms with Crippen molar-refractivity contribution in [3.63, 3.8) is 0 Å². The molecule has 0 spiro atoms. The first-order chi connectivity index (χ1) is 30.2. The number of carbonyl (C=O) groups excluding carboxylic acids is 6. The van der Waals surface area contributed by atoms with Crippen LogP contribution in [0.25, 0.3) is 0 Å². The van der Waals surface area contributed by atoms with Crippen molar-refractivity contribution in [2.75, 3.05) is 13.1 Å². The smallest absolute Gasteiger partial charge is 0.422 e. The molecule has 2 amide bonds. The number of benzene rings is 2. The lowest BCUT2D eigenvalue weighted by molar-refractivity contribution is -0.167. The third-order valence-corrected chi connectivity index (χ3v) is 11.0. The van der Waals surface area contributed by atoms with Crippen molar-refractivity contribution in [1.29, 1.82) is 0 Å². The topological polar surface area (TPSA) is 257 Å². The number of rotatable bonds is 21. The molecule has 20 nitrogen and oxygen atoms in total. The minimum atomic E-state index is -5.11. The highest BCUT2D eigenvalue weighted by Crippen LogP contribution is 2.23. The summed E-state index contributed by atoms with van der Waals surface area (Å²) in [7, 11) is -10.2. The van der Waals surface area contributed by atoms with E-state index in [4.69, 9.17) is 28.4 Å². The minimum absolute atomic E-state index is 0.337. The summed E-state index contributed by atoms with van der Waals surface area (Å²) >= 11 is 0. The monoisotopic (exact) mass is 970 g/mol. The first-order valence-electron chi connectivity index (χ1n) is 21.1. The zero-order chi connectivity index (χ0) is 50.3. The number of hydrogen-bond donors (Lipinski definition) is 2. The van der Waals surface area contributed by atoms with E-state index < -0.39 is 117 Å². The summed E-state index contributed by atoms with van der Waals surface area (Å²) in [6.07, 6.45) is -5.36. The van der Waals surface area contributed by atoms with Gasteiger partial charge in [0.15, 0.2) is 0 Å². The largest absolute Gasteiger partial charge is 0.460 e. The Morgan fingerprint density at radius 1 is 0.485 bits per heavy atom. The molecule has 0 saturated heterocycles. The Bertz CT molecular complexity index is 2020. The van der Waals surface area contributed by atoms with E-state index in [1.54, 1.807) is 112 Å². The van der Waals surface area contributed by atoms with E-state index in [2.05, 4.69) is 0 Å². The van der Waals surface area contributed by atoms with Gasteiger partial charge in [0.1, 0.15) is 47.7 Å². The molecule has 0 aliphatic heterocycles. The fourth-order valence-corrected chi connectivity index (χ4v) is 8.19. The van der Waals surface area contributed by atoms with Crippen molar-refractivity contribution in [3.05, 3.63) is 71.8 Å². The molecule has 0 aromatic heterocycles. The molecule has 2 N–H and O–H groups in total. The van der Waals surface area contributed by atoms with E-state index in [-0.39, 0.29) is 26.1 Å². The molecule has 22 heteroatoms. The van der Waals surface area contributed by atoms with E-state index in [9.17, 15) is 45.6 Å². The SMILES string of the molecule is CC(C)(C)OC(=O)CC(C(=O)OC(C)(C)C)N(CCCCN(C(CC(=O)OC(C)(C)C)C(=O)OC(C)(C)C)S(=O)(=O)NC(=O)OCc1ccccc1)S(=O)(=O)NC(=O)OCc1ccccc1. The van der Waals surface area contributed by atoms with Crippen LogP contribution in [0.15, 0.2) is 60.7 Å². The van der Waals surface area contributed by atoms with Gasteiger partial charge in [0, 0.05) is 13.1 Å². The van der Waals surface area contributed by atoms with Gasteiger partial charge in [-0.2, -0.15) is 25.4 Å². The third-order valence-electron chi connectivity index (χ3n) is 8.09. The summed E-state index contributed by atoms with van der Waals surface area (Å²) in [5.74, 6) is -4.40. The summed E-state index contributed by atoms with van der Waals surface area (Å²) in [6, 6.07) is 12.7. The average molecular weight is 971 g/mol. The minimum Gasteiger partial charge on any atom is -0.460 e. The molecule has 2 atom stereocenters. The highest BCUT2D eigenvalue weighted by atomic mass is 32.2. The number of esters is 4.